The van der Waals surface area contributed by atoms with Crippen LogP contribution in [0.4, 0.5) is 11.4 Å². The van der Waals surface area contributed by atoms with Crippen LogP contribution >= 0.6 is 0 Å². The minimum Gasteiger partial charge on any atom is -0.396 e. The lowest BCUT2D eigenvalue weighted by molar-refractivity contribution is 0.0975. The van der Waals surface area contributed by atoms with Gasteiger partial charge in [0.2, 0.25) is 0 Å². The minimum atomic E-state index is -0.477. The summed E-state index contributed by atoms with van der Waals surface area (Å²) in [6, 6.07) is 5.83. The van der Waals surface area contributed by atoms with Gasteiger partial charge in [0.25, 0.3) is 5.91 Å². The van der Waals surface area contributed by atoms with E-state index in [1.165, 1.54) is 25.9 Å². The average molecular weight is 260 g/mol. The second-order valence-electron chi connectivity index (χ2n) is 5.52. The Morgan fingerprint density at radius 2 is 2.05 bits per heavy atom. The Bertz CT molecular complexity index is 494. The number of nitrogens with zero attached hydrogens (tertiary/aromatic N) is 1. The Balaban J connectivity index is 1.80. The van der Waals surface area contributed by atoms with Gasteiger partial charge in [-0.2, -0.15) is 0 Å². The van der Waals surface area contributed by atoms with E-state index in [2.05, 4.69) is 10.2 Å². The van der Waals surface area contributed by atoms with Crippen molar-refractivity contribution in [2.45, 2.75) is 18.9 Å². The lowest BCUT2D eigenvalue weighted by Crippen LogP contribution is -2.53. The number of hydrogen-bond acceptors (Lipinski definition) is 4. The lowest BCUT2D eigenvalue weighted by atomic mass is 9.84. The summed E-state index contributed by atoms with van der Waals surface area (Å²) in [5.41, 5.74) is 13.0. The number of benzene rings is 1. The fraction of sp³-hybridized carbons (Fsp3) is 0.500. The summed E-state index contributed by atoms with van der Waals surface area (Å²) in [5, 5.41) is 3.50. The van der Waals surface area contributed by atoms with Crippen LogP contribution in [0.15, 0.2) is 18.2 Å². The fourth-order valence-corrected chi connectivity index (χ4v) is 3.23. The zero-order valence-electron chi connectivity index (χ0n) is 10.9. The number of nitrogen functional groups attached to an aromatic ring is 1. The molecule has 19 heavy (non-hydrogen) atoms. The molecule has 0 radical (unpaired) electrons. The van der Waals surface area contributed by atoms with Crippen LogP contribution in [0, 0.1) is 5.92 Å². The first-order valence-corrected chi connectivity index (χ1v) is 6.82. The van der Waals surface area contributed by atoms with Crippen LogP contribution in [0.5, 0.6) is 0 Å². The summed E-state index contributed by atoms with van der Waals surface area (Å²) >= 11 is 0. The summed E-state index contributed by atoms with van der Waals surface area (Å²) < 4.78 is 0. The minimum absolute atomic E-state index is 0.395. The smallest absolute Gasteiger partial charge is 0.250 e. The van der Waals surface area contributed by atoms with Gasteiger partial charge in [-0.1, -0.05) is 6.07 Å². The highest BCUT2D eigenvalue weighted by molar-refractivity contribution is 6.00. The standard InChI is InChI=1S/C14H20N4O/c15-13-10(14(16)19)2-1-3-11(13)17-12-8-18-6-4-9(12)5-7-18/h1-3,9,12,17H,4-8,15H2,(H2,16,19). The van der Waals surface area contributed by atoms with E-state index >= 15 is 0 Å². The SMILES string of the molecule is NC(=O)c1cccc(NC2CN3CCC2CC3)c1N. The number of piperidine rings is 3. The zero-order chi connectivity index (χ0) is 13.4. The quantitative estimate of drug-likeness (QED) is 0.704. The molecule has 102 valence electrons. The summed E-state index contributed by atoms with van der Waals surface area (Å²) in [4.78, 5) is 13.8. The van der Waals surface area contributed by atoms with Gasteiger partial charge in [0, 0.05) is 12.6 Å². The molecule has 1 aromatic carbocycles. The van der Waals surface area contributed by atoms with Crippen molar-refractivity contribution in [2.75, 3.05) is 30.7 Å². The second-order valence-corrected chi connectivity index (χ2v) is 5.52. The highest BCUT2D eigenvalue weighted by atomic mass is 16.1. The van der Waals surface area contributed by atoms with Gasteiger partial charge in [-0.3, -0.25) is 4.79 Å². The van der Waals surface area contributed by atoms with E-state index < -0.39 is 5.91 Å². The predicted molar refractivity (Wildman–Crippen MR) is 75.9 cm³/mol. The summed E-state index contributed by atoms with van der Waals surface area (Å²) in [6.45, 7) is 3.48. The molecule has 3 heterocycles. The van der Waals surface area contributed by atoms with Gasteiger partial charge < -0.3 is 21.7 Å². The number of hydrogen-bond donors (Lipinski definition) is 3. The van der Waals surface area contributed by atoms with E-state index in [0.29, 0.717) is 23.2 Å². The molecule has 2 bridgehead atoms. The van der Waals surface area contributed by atoms with Crippen LogP contribution in [0.2, 0.25) is 0 Å². The second kappa shape index (κ2) is 4.74. The molecule has 3 aliphatic heterocycles. The van der Waals surface area contributed by atoms with E-state index in [4.69, 9.17) is 11.5 Å². The van der Waals surface area contributed by atoms with Crippen molar-refractivity contribution in [1.82, 2.24) is 4.90 Å². The Kier molecular flexibility index (Phi) is 3.06. The van der Waals surface area contributed by atoms with E-state index in [9.17, 15) is 4.79 Å². The molecule has 0 aliphatic carbocycles. The molecular weight excluding hydrogens is 240 g/mol. The first kappa shape index (κ1) is 12.3. The number of para-hydroxylation sites is 1. The van der Waals surface area contributed by atoms with Crippen molar-refractivity contribution < 1.29 is 4.79 Å². The highest BCUT2D eigenvalue weighted by Crippen LogP contribution is 2.31. The number of rotatable bonds is 3. The van der Waals surface area contributed by atoms with Gasteiger partial charge in [0.15, 0.2) is 0 Å². The Labute approximate surface area is 112 Å². The average Bonchev–Trinajstić information content (AvgIpc) is 2.42. The van der Waals surface area contributed by atoms with Gasteiger partial charge in [-0.05, 0) is 44.0 Å². The Morgan fingerprint density at radius 3 is 2.63 bits per heavy atom. The maximum Gasteiger partial charge on any atom is 0.250 e. The Morgan fingerprint density at radius 1 is 1.32 bits per heavy atom. The molecule has 5 N–H and O–H groups in total. The van der Waals surface area contributed by atoms with E-state index in [1.54, 1.807) is 6.07 Å². The summed E-state index contributed by atoms with van der Waals surface area (Å²) in [7, 11) is 0. The molecule has 1 atom stereocenters. The predicted octanol–water partition coefficient (Wildman–Crippen LogP) is 0.874. The number of anilines is 2. The molecule has 0 spiro atoms. The molecule has 3 aliphatic rings. The number of carbonyl (C=O) groups excluding carboxylic acids is 1. The number of primary amides is 1. The monoisotopic (exact) mass is 260 g/mol. The van der Waals surface area contributed by atoms with E-state index in [0.717, 1.165) is 12.2 Å². The van der Waals surface area contributed by atoms with Crippen molar-refractivity contribution in [3.05, 3.63) is 23.8 Å². The summed E-state index contributed by atoms with van der Waals surface area (Å²) in [5.74, 6) is 0.233. The number of carbonyl (C=O) groups is 1. The number of amides is 1. The van der Waals surface area contributed by atoms with Crippen LogP contribution in [0.1, 0.15) is 23.2 Å². The third kappa shape index (κ3) is 2.26. The van der Waals surface area contributed by atoms with Gasteiger partial charge in [0.1, 0.15) is 0 Å². The van der Waals surface area contributed by atoms with Crippen molar-refractivity contribution in [1.29, 1.82) is 0 Å². The molecule has 0 aromatic heterocycles. The van der Waals surface area contributed by atoms with Crippen LogP contribution < -0.4 is 16.8 Å². The van der Waals surface area contributed by atoms with Crippen LogP contribution in [-0.2, 0) is 0 Å². The van der Waals surface area contributed by atoms with Gasteiger partial charge in [0.05, 0.1) is 16.9 Å². The molecule has 3 fully saturated rings. The molecule has 5 heteroatoms. The van der Waals surface area contributed by atoms with Gasteiger partial charge in [-0.15, -0.1) is 0 Å². The van der Waals surface area contributed by atoms with E-state index in [-0.39, 0.29) is 0 Å². The van der Waals surface area contributed by atoms with Gasteiger partial charge >= 0.3 is 0 Å². The largest absolute Gasteiger partial charge is 0.396 e. The molecular formula is C14H20N4O. The van der Waals surface area contributed by atoms with Gasteiger partial charge in [-0.25, -0.2) is 0 Å². The molecule has 1 amide bonds. The topological polar surface area (TPSA) is 84.4 Å². The number of nitrogens with one attached hydrogen (secondary N) is 1. The maximum absolute atomic E-state index is 11.3. The van der Waals surface area contributed by atoms with Crippen LogP contribution in [-0.4, -0.2) is 36.5 Å². The maximum atomic E-state index is 11.3. The van der Waals surface area contributed by atoms with Crippen molar-refractivity contribution >= 4 is 17.3 Å². The molecule has 1 unspecified atom stereocenters. The summed E-state index contributed by atoms with van der Waals surface area (Å²) in [6.07, 6.45) is 2.49. The molecule has 3 saturated heterocycles. The normalized spacial score (nSPS) is 29.2. The molecule has 0 saturated carbocycles. The number of fused-ring (bicyclic) bond motifs is 3. The fourth-order valence-electron chi connectivity index (χ4n) is 3.23. The van der Waals surface area contributed by atoms with Crippen LogP contribution in [0.3, 0.4) is 0 Å². The van der Waals surface area contributed by atoms with E-state index in [1.807, 2.05) is 12.1 Å². The lowest BCUT2D eigenvalue weighted by Gasteiger charge is -2.45. The Hall–Kier alpha value is -1.75. The third-order valence-corrected chi connectivity index (χ3v) is 4.37. The van der Waals surface area contributed by atoms with Crippen molar-refractivity contribution in [3.63, 3.8) is 0 Å². The van der Waals surface area contributed by atoms with Crippen LogP contribution in [0.25, 0.3) is 0 Å². The highest BCUT2D eigenvalue weighted by Gasteiger charge is 2.34. The number of nitrogens with two attached hydrogens (primary N) is 2. The molecule has 1 aromatic rings. The molecule has 4 rings (SSSR count). The first-order chi connectivity index (χ1) is 9.15. The molecule has 5 nitrogen and oxygen atoms in total. The van der Waals surface area contributed by atoms with Crippen molar-refractivity contribution in [2.24, 2.45) is 11.7 Å². The van der Waals surface area contributed by atoms with Crippen molar-refractivity contribution in [3.8, 4) is 0 Å². The first-order valence-electron chi connectivity index (χ1n) is 6.82. The zero-order valence-corrected chi connectivity index (χ0v) is 10.9. The third-order valence-electron chi connectivity index (χ3n) is 4.37.